The molecule has 7 heteroatoms. The van der Waals surface area contributed by atoms with Crippen LogP contribution < -0.4 is 11.1 Å². The van der Waals surface area contributed by atoms with Gasteiger partial charge in [-0.2, -0.15) is 0 Å². The molecule has 0 bridgehead atoms. The van der Waals surface area contributed by atoms with Gasteiger partial charge >= 0.3 is 0 Å². The number of hydrogen-bond donors (Lipinski definition) is 2. The molecule has 0 saturated carbocycles. The van der Waals surface area contributed by atoms with Gasteiger partial charge in [0, 0.05) is 11.4 Å². The molecule has 0 atom stereocenters. The molecular weight excluding hydrogens is 262 g/mol. The van der Waals surface area contributed by atoms with Crippen LogP contribution in [0.25, 0.3) is 0 Å². The van der Waals surface area contributed by atoms with E-state index in [0.29, 0.717) is 25.3 Å². The summed E-state index contributed by atoms with van der Waals surface area (Å²) in [6.45, 7) is 3.67. The monoisotopic (exact) mass is 279 g/mol. The second-order valence-corrected chi connectivity index (χ2v) is 5.06. The predicted octanol–water partition coefficient (Wildman–Crippen LogP) is 0.791. The number of nitrogens with zero attached hydrogens (tertiary/aromatic N) is 3. The number of rotatable bonds is 6. The summed E-state index contributed by atoms with van der Waals surface area (Å²) >= 11 is 1.65. The molecule has 0 aromatic carbocycles. The average Bonchev–Trinajstić information content (AvgIpc) is 3.04. The van der Waals surface area contributed by atoms with E-state index in [4.69, 9.17) is 5.73 Å². The Labute approximate surface area is 115 Å². The fourth-order valence-corrected chi connectivity index (χ4v) is 2.65. The van der Waals surface area contributed by atoms with Crippen molar-refractivity contribution in [1.82, 2.24) is 20.3 Å². The molecule has 0 unspecified atom stereocenters. The molecule has 0 fully saturated rings. The Morgan fingerprint density at radius 1 is 1.58 bits per heavy atom. The maximum absolute atomic E-state index is 11.9. The standard InChI is InChI=1S/C12H17N5OS/c1-2-9-3-6-19-11(9)7-14-12(18)10-8-17(5-4-13)16-15-10/h3,6,8H,2,4-5,7,13H2,1H3,(H,14,18). The number of aryl methyl sites for hydroxylation is 1. The van der Waals surface area contributed by atoms with Crippen LogP contribution in [0.15, 0.2) is 17.6 Å². The van der Waals surface area contributed by atoms with Crippen LogP contribution in [0, 0.1) is 0 Å². The first-order chi connectivity index (χ1) is 9.24. The highest BCUT2D eigenvalue weighted by atomic mass is 32.1. The van der Waals surface area contributed by atoms with Crippen LogP contribution >= 0.6 is 11.3 Å². The largest absolute Gasteiger partial charge is 0.346 e. The summed E-state index contributed by atoms with van der Waals surface area (Å²) in [5.74, 6) is -0.210. The minimum absolute atomic E-state index is 0.210. The van der Waals surface area contributed by atoms with E-state index < -0.39 is 0 Å². The Bertz CT molecular complexity index is 548. The first kappa shape index (κ1) is 13.7. The molecule has 2 aromatic rings. The smallest absolute Gasteiger partial charge is 0.273 e. The van der Waals surface area contributed by atoms with Crippen LogP contribution in [0.3, 0.4) is 0 Å². The first-order valence-electron chi connectivity index (χ1n) is 6.18. The van der Waals surface area contributed by atoms with Crippen molar-refractivity contribution in [2.75, 3.05) is 6.54 Å². The molecule has 0 spiro atoms. The lowest BCUT2D eigenvalue weighted by molar-refractivity contribution is 0.0946. The third-order valence-corrected chi connectivity index (χ3v) is 3.72. The van der Waals surface area contributed by atoms with E-state index in [1.807, 2.05) is 5.38 Å². The Balaban J connectivity index is 1.93. The molecule has 19 heavy (non-hydrogen) atoms. The highest BCUT2D eigenvalue weighted by Crippen LogP contribution is 2.16. The van der Waals surface area contributed by atoms with Gasteiger partial charge in [0.2, 0.25) is 0 Å². The zero-order valence-electron chi connectivity index (χ0n) is 10.8. The Morgan fingerprint density at radius 2 is 2.42 bits per heavy atom. The number of hydrogen-bond acceptors (Lipinski definition) is 5. The summed E-state index contributed by atoms with van der Waals surface area (Å²) in [6.07, 6.45) is 2.58. The number of nitrogens with one attached hydrogen (secondary N) is 1. The molecule has 2 aromatic heterocycles. The fraction of sp³-hybridized carbons (Fsp3) is 0.417. The van der Waals surface area contributed by atoms with Gasteiger partial charge in [0.25, 0.3) is 5.91 Å². The SMILES string of the molecule is CCc1ccsc1CNC(=O)c1cn(CCN)nn1. The lowest BCUT2D eigenvalue weighted by Gasteiger charge is -2.03. The number of carbonyl (C=O) groups is 1. The highest BCUT2D eigenvalue weighted by Gasteiger charge is 2.11. The maximum Gasteiger partial charge on any atom is 0.273 e. The van der Waals surface area contributed by atoms with Crippen molar-refractivity contribution < 1.29 is 4.79 Å². The Hall–Kier alpha value is -1.73. The van der Waals surface area contributed by atoms with Crippen molar-refractivity contribution in [2.45, 2.75) is 26.4 Å². The summed E-state index contributed by atoms with van der Waals surface area (Å²) in [5.41, 5.74) is 7.01. The third-order valence-electron chi connectivity index (χ3n) is 2.76. The number of thiophene rings is 1. The molecule has 0 aliphatic rings. The van der Waals surface area contributed by atoms with Crippen molar-refractivity contribution in [2.24, 2.45) is 5.73 Å². The van der Waals surface area contributed by atoms with Gasteiger partial charge < -0.3 is 11.1 Å². The van der Waals surface area contributed by atoms with Gasteiger partial charge in [-0.3, -0.25) is 9.48 Å². The molecule has 1 amide bonds. The highest BCUT2D eigenvalue weighted by molar-refractivity contribution is 7.10. The van der Waals surface area contributed by atoms with Crippen LogP contribution in [0.1, 0.15) is 27.9 Å². The molecule has 0 radical (unpaired) electrons. The van der Waals surface area contributed by atoms with Gasteiger partial charge in [-0.1, -0.05) is 12.1 Å². The first-order valence-corrected chi connectivity index (χ1v) is 7.06. The molecule has 2 heterocycles. The third kappa shape index (κ3) is 3.39. The van der Waals surface area contributed by atoms with Gasteiger partial charge in [-0.25, -0.2) is 0 Å². The van der Waals surface area contributed by atoms with Gasteiger partial charge in [0.1, 0.15) is 0 Å². The van der Waals surface area contributed by atoms with Gasteiger partial charge in [0.15, 0.2) is 5.69 Å². The van der Waals surface area contributed by atoms with E-state index in [1.165, 1.54) is 10.4 Å². The molecule has 2 rings (SSSR count). The Morgan fingerprint density at radius 3 is 3.16 bits per heavy atom. The maximum atomic E-state index is 11.9. The van der Waals surface area contributed by atoms with E-state index in [9.17, 15) is 4.79 Å². The zero-order chi connectivity index (χ0) is 13.7. The van der Waals surface area contributed by atoms with E-state index in [2.05, 4.69) is 28.6 Å². The van der Waals surface area contributed by atoms with Crippen molar-refractivity contribution >= 4 is 17.2 Å². The predicted molar refractivity (Wildman–Crippen MR) is 73.9 cm³/mol. The van der Waals surface area contributed by atoms with Crippen molar-refractivity contribution in [3.63, 3.8) is 0 Å². The molecular formula is C12H17N5OS. The summed E-state index contributed by atoms with van der Waals surface area (Å²) < 4.78 is 1.57. The lowest BCUT2D eigenvalue weighted by Crippen LogP contribution is -2.23. The Kier molecular flexibility index (Phi) is 4.64. The van der Waals surface area contributed by atoms with Crippen LogP contribution in [0.5, 0.6) is 0 Å². The number of aromatic nitrogens is 3. The summed E-state index contributed by atoms with van der Waals surface area (Å²) in [4.78, 5) is 13.1. The zero-order valence-corrected chi connectivity index (χ0v) is 11.6. The number of amides is 1. The summed E-state index contributed by atoms with van der Waals surface area (Å²) in [6, 6.07) is 2.09. The number of carbonyl (C=O) groups excluding carboxylic acids is 1. The topological polar surface area (TPSA) is 85.8 Å². The normalized spacial score (nSPS) is 10.6. The van der Waals surface area contributed by atoms with Gasteiger partial charge in [-0.05, 0) is 23.4 Å². The van der Waals surface area contributed by atoms with Gasteiger partial charge in [0.05, 0.1) is 19.3 Å². The van der Waals surface area contributed by atoms with E-state index in [1.54, 1.807) is 22.2 Å². The van der Waals surface area contributed by atoms with Crippen molar-refractivity contribution in [3.8, 4) is 0 Å². The van der Waals surface area contributed by atoms with E-state index in [0.717, 1.165) is 6.42 Å². The van der Waals surface area contributed by atoms with Crippen molar-refractivity contribution in [3.05, 3.63) is 33.8 Å². The van der Waals surface area contributed by atoms with Crippen LogP contribution in [0.4, 0.5) is 0 Å². The van der Waals surface area contributed by atoms with E-state index in [-0.39, 0.29) is 5.91 Å². The van der Waals surface area contributed by atoms with Crippen molar-refractivity contribution in [1.29, 1.82) is 0 Å². The minimum Gasteiger partial charge on any atom is -0.346 e. The fourth-order valence-electron chi connectivity index (χ4n) is 1.73. The quantitative estimate of drug-likeness (QED) is 0.818. The van der Waals surface area contributed by atoms with Crippen LogP contribution in [0.2, 0.25) is 0 Å². The molecule has 102 valence electrons. The van der Waals surface area contributed by atoms with E-state index >= 15 is 0 Å². The molecule has 0 aliphatic carbocycles. The summed E-state index contributed by atoms with van der Waals surface area (Å²) in [7, 11) is 0. The molecule has 6 nitrogen and oxygen atoms in total. The second-order valence-electron chi connectivity index (χ2n) is 4.06. The summed E-state index contributed by atoms with van der Waals surface area (Å²) in [5, 5.41) is 12.6. The second kappa shape index (κ2) is 6.44. The van der Waals surface area contributed by atoms with Crippen LogP contribution in [-0.2, 0) is 19.5 Å². The van der Waals surface area contributed by atoms with Gasteiger partial charge in [-0.15, -0.1) is 16.4 Å². The average molecular weight is 279 g/mol. The molecule has 0 aliphatic heterocycles. The minimum atomic E-state index is -0.210. The molecule has 3 N–H and O–H groups in total. The van der Waals surface area contributed by atoms with Crippen LogP contribution in [-0.4, -0.2) is 27.4 Å². The number of nitrogens with two attached hydrogens (primary N) is 1. The molecule has 0 saturated heterocycles. The lowest BCUT2D eigenvalue weighted by atomic mass is 10.2.